The van der Waals surface area contributed by atoms with Crippen LogP contribution in [0, 0.1) is 0 Å². The summed E-state index contributed by atoms with van der Waals surface area (Å²) in [7, 11) is 0. The molecule has 0 N–H and O–H groups in total. The molecule has 2 aliphatic rings. The largest absolute Gasteiger partial charge is 0.208 e. The number of nitrogens with zero attached hydrogens (tertiary/aromatic N) is 3. The van der Waals surface area contributed by atoms with Crippen LogP contribution in [0.15, 0.2) is 224 Å². The summed E-state index contributed by atoms with van der Waals surface area (Å²) in [5, 5.41) is 0. The van der Waals surface area contributed by atoms with E-state index >= 15 is 0 Å². The van der Waals surface area contributed by atoms with Gasteiger partial charge in [0.1, 0.15) is 0 Å². The maximum absolute atomic E-state index is 5.39. The summed E-state index contributed by atoms with van der Waals surface area (Å²) in [5.41, 5.74) is 19.1. The summed E-state index contributed by atoms with van der Waals surface area (Å²) in [6, 6.07) is 80.7. The fraction of sp³-hybridized carbons (Fsp3) is 0.0172. The first-order valence-corrected chi connectivity index (χ1v) is 20.9. The van der Waals surface area contributed by atoms with Crippen molar-refractivity contribution in [2.45, 2.75) is 5.41 Å². The van der Waals surface area contributed by atoms with Crippen molar-refractivity contribution in [1.82, 2.24) is 15.0 Å². The van der Waals surface area contributed by atoms with Crippen LogP contribution in [0.1, 0.15) is 22.3 Å². The zero-order chi connectivity index (χ0) is 40.3. The highest BCUT2D eigenvalue weighted by atomic mass is 15.0. The van der Waals surface area contributed by atoms with E-state index in [0.29, 0.717) is 17.5 Å². The monoisotopic (exact) mass is 775 g/mol. The van der Waals surface area contributed by atoms with Crippen molar-refractivity contribution in [3.8, 4) is 89.8 Å². The molecule has 1 aromatic heterocycles. The van der Waals surface area contributed by atoms with Crippen molar-refractivity contribution >= 4 is 0 Å². The molecule has 12 rings (SSSR count). The third-order valence-corrected chi connectivity index (χ3v) is 12.5. The molecule has 1 heterocycles. The lowest BCUT2D eigenvalue weighted by molar-refractivity contribution is 0.775. The highest BCUT2D eigenvalue weighted by Gasteiger charge is 2.49. The van der Waals surface area contributed by atoms with Crippen molar-refractivity contribution in [1.29, 1.82) is 0 Å². The average molecular weight is 776 g/mol. The maximum Gasteiger partial charge on any atom is 0.164 e. The van der Waals surface area contributed by atoms with Gasteiger partial charge in [-0.05, 0) is 102 Å². The number of aromatic nitrogens is 3. The van der Waals surface area contributed by atoms with Crippen molar-refractivity contribution in [3.05, 3.63) is 247 Å². The Morgan fingerprint density at radius 3 is 1.05 bits per heavy atom. The highest BCUT2D eigenvalue weighted by molar-refractivity contribution is 5.97. The van der Waals surface area contributed by atoms with Crippen LogP contribution in [0.2, 0.25) is 0 Å². The van der Waals surface area contributed by atoms with Crippen LogP contribution < -0.4 is 0 Å². The molecule has 0 radical (unpaired) electrons. The molecular weight excluding hydrogens is 739 g/mol. The number of hydrogen-bond acceptors (Lipinski definition) is 3. The normalized spacial score (nSPS) is 12.7. The quantitative estimate of drug-likeness (QED) is 0.175. The summed E-state index contributed by atoms with van der Waals surface area (Å²) in [5.74, 6) is 1.88. The molecule has 284 valence electrons. The molecule has 0 bridgehead atoms. The molecule has 0 fully saturated rings. The lowest BCUT2D eigenvalue weighted by Crippen LogP contribution is -2.29. The minimum absolute atomic E-state index is 0.610. The molecule has 0 saturated carbocycles. The number of rotatable bonds is 5. The first-order valence-electron chi connectivity index (χ1n) is 20.9. The molecule has 0 amide bonds. The van der Waals surface area contributed by atoms with E-state index in [1.165, 1.54) is 55.6 Å². The molecule has 61 heavy (non-hydrogen) atoms. The standard InChI is InChI=1S/C58H37N3/c1-4-18-38(19-5-1)42-34-43(39-20-6-2-7-21-39)36-44(35-42)57-60-55(40-22-8-3-9-23-40)59-56(61-57)41-32-33-50-49-28-14-17-31-53(49)58(54(50)37-41)51-29-15-12-26-47(51)45-24-10-11-25-46(45)48-27-13-16-30-52(48)58/h1-37H. The fourth-order valence-electron chi connectivity index (χ4n) is 9.89. The highest BCUT2D eigenvalue weighted by Crippen LogP contribution is 2.61. The fourth-order valence-corrected chi connectivity index (χ4v) is 9.89. The Balaban J connectivity index is 1.12. The maximum atomic E-state index is 5.39. The third kappa shape index (κ3) is 5.55. The van der Waals surface area contributed by atoms with Gasteiger partial charge in [-0.2, -0.15) is 0 Å². The molecule has 0 saturated heterocycles. The van der Waals surface area contributed by atoms with Gasteiger partial charge >= 0.3 is 0 Å². The summed E-state index contributed by atoms with van der Waals surface area (Å²) in [6.07, 6.45) is 0. The van der Waals surface area contributed by atoms with E-state index in [4.69, 9.17) is 15.0 Å². The van der Waals surface area contributed by atoms with Gasteiger partial charge in [0.2, 0.25) is 0 Å². The van der Waals surface area contributed by atoms with Gasteiger partial charge in [0.05, 0.1) is 5.41 Å². The van der Waals surface area contributed by atoms with E-state index < -0.39 is 5.41 Å². The number of benzene rings is 9. The summed E-state index contributed by atoms with van der Waals surface area (Å²) in [6.45, 7) is 0. The van der Waals surface area contributed by atoms with Crippen LogP contribution >= 0.6 is 0 Å². The van der Waals surface area contributed by atoms with E-state index in [1.54, 1.807) is 0 Å². The van der Waals surface area contributed by atoms with Crippen molar-refractivity contribution in [2.24, 2.45) is 0 Å². The second kappa shape index (κ2) is 14.1. The predicted octanol–water partition coefficient (Wildman–Crippen LogP) is 14.2. The molecule has 0 unspecified atom stereocenters. The first-order chi connectivity index (χ1) is 30.2. The second-order valence-corrected chi connectivity index (χ2v) is 15.9. The van der Waals surface area contributed by atoms with Gasteiger partial charge in [-0.15, -0.1) is 0 Å². The zero-order valence-electron chi connectivity index (χ0n) is 33.2. The second-order valence-electron chi connectivity index (χ2n) is 15.9. The van der Waals surface area contributed by atoms with Gasteiger partial charge in [0, 0.05) is 16.7 Å². The Kier molecular flexibility index (Phi) is 8.07. The van der Waals surface area contributed by atoms with Gasteiger partial charge in [0.25, 0.3) is 0 Å². The van der Waals surface area contributed by atoms with Crippen molar-refractivity contribution < 1.29 is 0 Å². The number of hydrogen-bond donors (Lipinski definition) is 0. The molecule has 0 atom stereocenters. The lowest BCUT2D eigenvalue weighted by Gasteiger charge is -2.35. The zero-order valence-corrected chi connectivity index (χ0v) is 33.2. The van der Waals surface area contributed by atoms with E-state index in [0.717, 1.165) is 38.9 Å². The van der Waals surface area contributed by atoms with E-state index in [9.17, 15) is 0 Å². The Morgan fingerprint density at radius 1 is 0.213 bits per heavy atom. The molecular formula is C58H37N3. The smallest absolute Gasteiger partial charge is 0.164 e. The summed E-state index contributed by atoms with van der Waals surface area (Å²) < 4.78 is 0. The minimum atomic E-state index is -0.610. The Hall–Kier alpha value is -8.01. The molecule has 10 aromatic rings. The Labute approximate surface area is 355 Å². The van der Waals surface area contributed by atoms with E-state index in [-0.39, 0.29) is 0 Å². The lowest BCUT2D eigenvalue weighted by atomic mass is 9.66. The van der Waals surface area contributed by atoms with Gasteiger partial charge in [0.15, 0.2) is 17.5 Å². The molecule has 3 heteroatoms. The number of fused-ring (bicyclic) bond motifs is 12. The van der Waals surface area contributed by atoms with Crippen molar-refractivity contribution in [3.63, 3.8) is 0 Å². The molecule has 2 aliphatic carbocycles. The van der Waals surface area contributed by atoms with Gasteiger partial charge in [-0.1, -0.05) is 200 Å². The van der Waals surface area contributed by atoms with Gasteiger partial charge < -0.3 is 0 Å². The molecule has 3 nitrogen and oxygen atoms in total. The molecule has 1 spiro atoms. The summed E-state index contributed by atoms with van der Waals surface area (Å²) in [4.78, 5) is 15.9. The van der Waals surface area contributed by atoms with E-state index in [1.807, 2.05) is 18.2 Å². The van der Waals surface area contributed by atoms with Crippen LogP contribution in [0.4, 0.5) is 0 Å². The van der Waals surface area contributed by atoms with Crippen LogP contribution in [0.25, 0.3) is 89.8 Å². The van der Waals surface area contributed by atoms with Crippen LogP contribution in [0.5, 0.6) is 0 Å². The average Bonchev–Trinajstić information content (AvgIpc) is 3.58. The molecule has 9 aromatic carbocycles. The predicted molar refractivity (Wildman–Crippen MR) is 249 cm³/mol. The minimum Gasteiger partial charge on any atom is -0.208 e. The third-order valence-electron chi connectivity index (χ3n) is 12.5. The SMILES string of the molecule is c1ccc(-c2cc(-c3ccccc3)cc(-c3nc(-c4ccccc4)nc(-c4ccc5c(c4)C4(c6ccccc6-c6ccccc6-c6ccccc64)c4ccccc4-5)n3)c2)cc1. The van der Waals surface area contributed by atoms with Crippen LogP contribution in [0.3, 0.4) is 0 Å². The topological polar surface area (TPSA) is 38.7 Å². The van der Waals surface area contributed by atoms with Crippen LogP contribution in [-0.2, 0) is 5.41 Å². The Morgan fingerprint density at radius 2 is 0.557 bits per heavy atom. The van der Waals surface area contributed by atoms with Crippen molar-refractivity contribution in [2.75, 3.05) is 0 Å². The van der Waals surface area contributed by atoms with Gasteiger partial charge in [-0.3, -0.25) is 0 Å². The first kappa shape index (κ1) is 35.0. The Bertz CT molecular complexity index is 3180. The molecule has 0 aliphatic heterocycles. The summed E-state index contributed by atoms with van der Waals surface area (Å²) >= 11 is 0. The van der Waals surface area contributed by atoms with E-state index in [2.05, 4.69) is 206 Å². The van der Waals surface area contributed by atoms with Crippen LogP contribution in [-0.4, -0.2) is 15.0 Å². The van der Waals surface area contributed by atoms with Gasteiger partial charge in [-0.25, -0.2) is 15.0 Å².